The minimum atomic E-state index is -0.195. The van der Waals surface area contributed by atoms with Crippen LogP contribution in [-0.2, 0) is 4.79 Å². The fourth-order valence-electron chi connectivity index (χ4n) is 3.50. The average molecular weight is 398 g/mol. The van der Waals surface area contributed by atoms with Gasteiger partial charge in [0.15, 0.2) is 17.3 Å². The number of hydrogen-bond donors (Lipinski definition) is 0. The molecule has 2 saturated heterocycles. The minimum absolute atomic E-state index is 0.166. The van der Waals surface area contributed by atoms with E-state index in [2.05, 4.69) is 10.2 Å². The van der Waals surface area contributed by atoms with Gasteiger partial charge in [-0.15, -0.1) is 10.2 Å². The van der Waals surface area contributed by atoms with Gasteiger partial charge in [0.2, 0.25) is 6.41 Å². The highest BCUT2D eigenvalue weighted by molar-refractivity contribution is 5.93. The number of carbonyl (C=O) groups is 3. The molecule has 2 aliphatic rings. The number of aromatic nitrogens is 2. The van der Waals surface area contributed by atoms with E-state index in [0.29, 0.717) is 63.9 Å². The number of amides is 3. The van der Waals surface area contributed by atoms with Gasteiger partial charge in [0, 0.05) is 52.4 Å². The van der Waals surface area contributed by atoms with Gasteiger partial charge in [0.25, 0.3) is 11.8 Å². The maximum absolute atomic E-state index is 12.7. The van der Waals surface area contributed by atoms with Crippen molar-refractivity contribution in [1.29, 1.82) is 0 Å². The van der Waals surface area contributed by atoms with Crippen LogP contribution in [0.1, 0.15) is 21.0 Å². The van der Waals surface area contributed by atoms with Gasteiger partial charge in [0.05, 0.1) is 6.26 Å². The second-order valence-electron chi connectivity index (χ2n) is 6.97. The molecule has 0 aromatic carbocycles. The third kappa shape index (κ3) is 4.05. The van der Waals surface area contributed by atoms with Crippen molar-refractivity contribution in [2.24, 2.45) is 0 Å². The van der Waals surface area contributed by atoms with Gasteiger partial charge in [-0.05, 0) is 24.3 Å². The van der Waals surface area contributed by atoms with Crippen molar-refractivity contribution in [3.05, 3.63) is 42.0 Å². The van der Waals surface area contributed by atoms with E-state index in [9.17, 15) is 14.4 Å². The lowest BCUT2D eigenvalue weighted by molar-refractivity contribution is -0.118. The van der Waals surface area contributed by atoms with Gasteiger partial charge in [-0.25, -0.2) is 0 Å². The lowest BCUT2D eigenvalue weighted by Crippen LogP contribution is -2.50. The third-order valence-corrected chi connectivity index (χ3v) is 5.24. The van der Waals surface area contributed by atoms with Crippen molar-refractivity contribution in [1.82, 2.24) is 24.9 Å². The number of nitrogens with zero attached hydrogens (tertiary/aromatic N) is 6. The van der Waals surface area contributed by atoms with E-state index in [4.69, 9.17) is 4.42 Å². The fraction of sp³-hybridized carbons (Fsp3) is 0.421. The second-order valence-corrected chi connectivity index (χ2v) is 6.97. The molecule has 10 nitrogen and oxygen atoms in total. The van der Waals surface area contributed by atoms with Crippen LogP contribution in [0.25, 0.3) is 0 Å². The summed E-state index contributed by atoms with van der Waals surface area (Å²) < 4.78 is 5.15. The molecule has 0 bridgehead atoms. The van der Waals surface area contributed by atoms with Crippen molar-refractivity contribution < 1.29 is 18.8 Å². The van der Waals surface area contributed by atoms with Gasteiger partial charge >= 0.3 is 0 Å². The first kappa shape index (κ1) is 18.9. The summed E-state index contributed by atoms with van der Waals surface area (Å²) in [6.07, 6.45) is 2.32. The van der Waals surface area contributed by atoms with Gasteiger partial charge < -0.3 is 24.0 Å². The van der Waals surface area contributed by atoms with E-state index >= 15 is 0 Å². The zero-order chi connectivity index (χ0) is 20.2. The molecule has 2 fully saturated rings. The van der Waals surface area contributed by atoms with Crippen molar-refractivity contribution in [3.63, 3.8) is 0 Å². The second kappa shape index (κ2) is 8.29. The summed E-state index contributed by atoms with van der Waals surface area (Å²) in [4.78, 5) is 43.0. The van der Waals surface area contributed by atoms with Crippen LogP contribution in [-0.4, -0.2) is 95.5 Å². The minimum Gasteiger partial charge on any atom is -0.459 e. The summed E-state index contributed by atoms with van der Waals surface area (Å²) >= 11 is 0. The summed E-state index contributed by atoms with van der Waals surface area (Å²) in [6, 6.07) is 6.78. The van der Waals surface area contributed by atoms with E-state index in [-0.39, 0.29) is 17.5 Å². The summed E-state index contributed by atoms with van der Waals surface area (Å²) in [5.41, 5.74) is 0.283. The molecule has 0 radical (unpaired) electrons. The van der Waals surface area contributed by atoms with Crippen LogP contribution in [0, 0.1) is 0 Å². The summed E-state index contributed by atoms with van der Waals surface area (Å²) in [5, 5.41) is 8.29. The van der Waals surface area contributed by atoms with Crippen LogP contribution < -0.4 is 4.90 Å². The third-order valence-electron chi connectivity index (χ3n) is 5.24. The Hall–Kier alpha value is -3.43. The molecule has 0 aliphatic carbocycles. The molecule has 2 aromatic heterocycles. The lowest BCUT2D eigenvalue weighted by Gasteiger charge is -2.34. The van der Waals surface area contributed by atoms with E-state index < -0.39 is 0 Å². The zero-order valence-electron chi connectivity index (χ0n) is 15.9. The van der Waals surface area contributed by atoms with Crippen molar-refractivity contribution in [2.45, 2.75) is 0 Å². The van der Waals surface area contributed by atoms with Crippen LogP contribution in [0.2, 0.25) is 0 Å². The Morgan fingerprint density at radius 1 is 0.862 bits per heavy atom. The monoisotopic (exact) mass is 398 g/mol. The molecule has 152 valence electrons. The molecule has 29 heavy (non-hydrogen) atoms. The van der Waals surface area contributed by atoms with E-state index in [1.165, 1.54) is 6.26 Å². The molecule has 0 atom stereocenters. The SMILES string of the molecule is O=CN1CCN(c2ccc(C(=O)N3CCN(C(=O)c4ccco4)CC3)nn2)CC1. The Bertz CT molecular complexity index is 853. The largest absolute Gasteiger partial charge is 0.459 e. The molecule has 10 heteroatoms. The number of carbonyl (C=O) groups excluding carboxylic acids is 3. The van der Waals surface area contributed by atoms with Crippen LogP contribution >= 0.6 is 0 Å². The average Bonchev–Trinajstić information content (AvgIpc) is 3.33. The number of piperazine rings is 2. The Morgan fingerprint density at radius 2 is 1.55 bits per heavy atom. The molecule has 0 N–H and O–H groups in total. The predicted octanol–water partition coefficient (Wildman–Crippen LogP) is -0.0538. The molecule has 0 saturated carbocycles. The number of furan rings is 1. The quantitative estimate of drug-likeness (QED) is 0.665. The molecule has 2 aromatic rings. The first-order chi connectivity index (χ1) is 14.2. The van der Waals surface area contributed by atoms with E-state index in [1.54, 1.807) is 39.0 Å². The van der Waals surface area contributed by atoms with Gasteiger partial charge in [-0.3, -0.25) is 14.4 Å². The van der Waals surface area contributed by atoms with Gasteiger partial charge in [0.1, 0.15) is 0 Å². The van der Waals surface area contributed by atoms with Gasteiger partial charge in [-0.2, -0.15) is 0 Å². The number of hydrogen-bond acceptors (Lipinski definition) is 7. The number of anilines is 1. The zero-order valence-corrected chi connectivity index (χ0v) is 15.9. The molecule has 0 unspecified atom stereocenters. The first-order valence-electron chi connectivity index (χ1n) is 9.56. The topological polar surface area (TPSA) is 103 Å². The highest BCUT2D eigenvalue weighted by atomic mass is 16.3. The molecule has 4 rings (SSSR count). The number of rotatable bonds is 4. The normalized spacial score (nSPS) is 17.4. The maximum Gasteiger partial charge on any atom is 0.289 e. The molecule has 3 amide bonds. The van der Waals surface area contributed by atoms with Crippen LogP contribution in [0.5, 0.6) is 0 Å². The molecule has 4 heterocycles. The van der Waals surface area contributed by atoms with Crippen LogP contribution in [0.15, 0.2) is 34.9 Å². The van der Waals surface area contributed by atoms with E-state index in [1.807, 2.05) is 4.90 Å². The molecule has 2 aliphatic heterocycles. The predicted molar refractivity (Wildman–Crippen MR) is 102 cm³/mol. The Labute approximate surface area is 167 Å². The van der Waals surface area contributed by atoms with Crippen molar-refractivity contribution >= 4 is 24.0 Å². The lowest BCUT2D eigenvalue weighted by atomic mass is 10.2. The Kier molecular flexibility index (Phi) is 5.41. The standard InChI is InChI=1S/C19H22N6O4/c26-14-22-5-7-23(8-6-22)17-4-3-15(20-21-17)18(27)24-9-11-25(12-10-24)19(28)16-2-1-13-29-16/h1-4,13-14H,5-12H2. The Morgan fingerprint density at radius 3 is 2.10 bits per heavy atom. The van der Waals surface area contributed by atoms with Crippen LogP contribution in [0.3, 0.4) is 0 Å². The van der Waals surface area contributed by atoms with Gasteiger partial charge in [-0.1, -0.05) is 0 Å². The van der Waals surface area contributed by atoms with E-state index in [0.717, 1.165) is 6.41 Å². The summed E-state index contributed by atoms with van der Waals surface area (Å²) in [5.74, 6) is 0.641. The van der Waals surface area contributed by atoms with Crippen molar-refractivity contribution in [3.8, 4) is 0 Å². The Balaban J connectivity index is 1.32. The molecular weight excluding hydrogens is 376 g/mol. The first-order valence-corrected chi connectivity index (χ1v) is 9.56. The van der Waals surface area contributed by atoms with Crippen molar-refractivity contribution in [2.75, 3.05) is 57.3 Å². The molecule has 0 spiro atoms. The highest BCUT2D eigenvalue weighted by Crippen LogP contribution is 2.15. The van der Waals surface area contributed by atoms with Crippen LogP contribution in [0.4, 0.5) is 5.82 Å². The summed E-state index contributed by atoms with van der Waals surface area (Å²) in [6.45, 7) is 4.42. The summed E-state index contributed by atoms with van der Waals surface area (Å²) in [7, 11) is 0. The molecular formula is C19H22N6O4. The maximum atomic E-state index is 12.7. The smallest absolute Gasteiger partial charge is 0.289 e. The fourth-order valence-corrected chi connectivity index (χ4v) is 3.50. The highest BCUT2D eigenvalue weighted by Gasteiger charge is 2.27.